The molecular formula is C18H19N5O3S. The zero-order chi connectivity index (χ0) is 18.8. The number of ether oxygens (including phenoxy) is 1. The number of pyridine rings is 1. The Hall–Kier alpha value is -2.78. The maximum absolute atomic E-state index is 12.7. The summed E-state index contributed by atoms with van der Waals surface area (Å²) in [6.07, 6.45) is 3.34. The maximum Gasteiger partial charge on any atom is 0.259 e. The van der Waals surface area contributed by atoms with Crippen molar-refractivity contribution in [2.24, 2.45) is 0 Å². The van der Waals surface area contributed by atoms with Crippen LogP contribution in [0.3, 0.4) is 0 Å². The number of carbonyl (C=O) groups excluding carboxylic acids is 1. The Morgan fingerprint density at radius 1 is 1.30 bits per heavy atom. The molecule has 140 valence electrons. The third kappa shape index (κ3) is 3.56. The highest BCUT2D eigenvalue weighted by Crippen LogP contribution is 2.18. The van der Waals surface area contributed by atoms with E-state index in [1.807, 2.05) is 5.38 Å². The molecule has 0 unspecified atom stereocenters. The summed E-state index contributed by atoms with van der Waals surface area (Å²) in [6, 6.07) is 5.04. The van der Waals surface area contributed by atoms with E-state index in [1.54, 1.807) is 39.9 Å². The van der Waals surface area contributed by atoms with Crippen molar-refractivity contribution >= 4 is 22.2 Å². The molecule has 3 aromatic rings. The fourth-order valence-electron chi connectivity index (χ4n) is 3.19. The normalized spacial score (nSPS) is 15.2. The summed E-state index contributed by atoms with van der Waals surface area (Å²) in [5.74, 6) is 0.273. The third-order valence-electron chi connectivity index (χ3n) is 4.60. The summed E-state index contributed by atoms with van der Waals surface area (Å²) < 4.78 is 6.74. The number of fused-ring (bicyclic) bond motifs is 1. The molecule has 0 atom stereocenters. The number of carbonyl (C=O) groups is 1. The third-order valence-corrected chi connectivity index (χ3v) is 5.35. The molecule has 0 spiro atoms. The number of hydrogen-bond acceptors (Lipinski definition) is 7. The highest BCUT2D eigenvalue weighted by Gasteiger charge is 2.25. The predicted octanol–water partition coefficient (Wildman–Crippen LogP) is 1.12. The van der Waals surface area contributed by atoms with Gasteiger partial charge in [0.15, 0.2) is 4.96 Å². The average molecular weight is 385 g/mol. The Bertz CT molecular complexity index is 1020. The van der Waals surface area contributed by atoms with Crippen LogP contribution in [0, 0.1) is 0 Å². The molecule has 1 saturated heterocycles. The number of aromatic nitrogens is 3. The van der Waals surface area contributed by atoms with Crippen LogP contribution in [-0.2, 0) is 6.54 Å². The molecule has 4 rings (SSSR count). The second kappa shape index (κ2) is 7.45. The molecule has 0 radical (unpaired) electrons. The lowest BCUT2D eigenvalue weighted by Gasteiger charge is -2.34. The van der Waals surface area contributed by atoms with E-state index in [-0.39, 0.29) is 11.5 Å². The van der Waals surface area contributed by atoms with Crippen LogP contribution in [0.1, 0.15) is 16.1 Å². The summed E-state index contributed by atoms with van der Waals surface area (Å²) in [7, 11) is 1.51. The number of nitrogens with zero attached hydrogens (tertiary/aromatic N) is 5. The van der Waals surface area contributed by atoms with E-state index in [2.05, 4.69) is 14.9 Å². The monoisotopic (exact) mass is 385 g/mol. The lowest BCUT2D eigenvalue weighted by Crippen LogP contribution is -2.48. The van der Waals surface area contributed by atoms with Gasteiger partial charge in [-0.15, -0.1) is 11.3 Å². The number of thiazole rings is 1. The SMILES string of the molecule is COc1ncccc1C(=O)N1CCN(Cc2cc(=O)n3ccsc3n2)CC1. The Balaban J connectivity index is 1.41. The lowest BCUT2D eigenvalue weighted by atomic mass is 10.2. The van der Waals surface area contributed by atoms with Crippen molar-refractivity contribution in [1.82, 2.24) is 24.2 Å². The van der Waals surface area contributed by atoms with Gasteiger partial charge >= 0.3 is 0 Å². The Morgan fingerprint density at radius 3 is 2.89 bits per heavy atom. The van der Waals surface area contributed by atoms with Gasteiger partial charge in [0.25, 0.3) is 11.5 Å². The zero-order valence-corrected chi connectivity index (χ0v) is 15.7. The molecule has 0 aliphatic carbocycles. The second-order valence-corrected chi connectivity index (χ2v) is 7.14. The fraction of sp³-hybridized carbons (Fsp3) is 0.333. The molecule has 4 heterocycles. The maximum atomic E-state index is 12.7. The number of piperazine rings is 1. The number of rotatable bonds is 4. The molecule has 1 aliphatic rings. The van der Waals surface area contributed by atoms with Crippen molar-refractivity contribution in [3.63, 3.8) is 0 Å². The van der Waals surface area contributed by atoms with Crippen molar-refractivity contribution in [2.75, 3.05) is 33.3 Å². The molecular weight excluding hydrogens is 366 g/mol. The first-order chi connectivity index (χ1) is 13.2. The summed E-state index contributed by atoms with van der Waals surface area (Å²) in [5, 5.41) is 1.85. The molecule has 1 aliphatic heterocycles. The smallest absolute Gasteiger partial charge is 0.259 e. The highest BCUT2D eigenvalue weighted by atomic mass is 32.1. The van der Waals surface area contributed by atoms with E-state index in [0.717, 1.165) is 18.8 Å². The van der Waals surface area contributed by atoms with Gasteiger partial charge in [-0.05, 0) is 12.1 Å². The van der Waals surface area contributed by atoms with Crippen LogP contribution in [0.5, 0.6) is 5.88 Å². The van der Waals surface area contributed by atoms with Crippen molar-refractivity contribution in [3.8, 4) is 5.88 Å². The van der Waals surface area contributed by atoms with Crippen molar-refractivity contribution in [3.05, 3.63) is 57.6 Å². The van der Waals surface area contributed by atoms with E-state index in [1.165, 1.54) is 18.4 Å². The molecule has 9 heteroatoms. The minimum atomic E-state index is -0.0732. The molecule has 0 N–H and O–H groups in total. The van der Waals surface area contributed by atoms with E-state index in [9.17, 15) is 9.59 Å². The van der Waals surface area contributed by atoms with Gasteiger partial charge in [0.1, 0.15) is 5.56 Å². The predicted molar refractivity (Wildman–Crippen MR) is 101 cm³/mol. The largest absolute Gasteiger partial charge is 0.480 e. The Morgan fingerprint density at radius 2 is 2.11 bits per heavy atom. The van der Waals surface area contributed by atoms with E-state index < -0.39 is 0 Å². The first kappa shape index (κ1) is 17.6. The molecule has 1 fully saturated rings. The van der Waals surface area contributed by atoms with Crippen molar-refractivity contribution in [1.29, 1.82) is 0 Å². The molecule has 0 bridgehead atoms. The standard InChI is InChI=1S/C18H19N5O3S/c1-26-16-14(3-2-4-19-16)17(25)22-7-5-21(6-8-22)12-13-11-15(24)23-9-10-27-18(23)20-13/h2-4,9-11H,5-8,12H2,1H3. The van der Waals surface area contributed by atoms with Crippen LogP contribution in [0.15, 0.2) is 40.8 Å². The fourth-order valence-corrected chi connectivity index (χ4v) is 3.93. The first-order valence-corrected chi connectivity index (χ1v) is 9.50. The van der Waals surface area contributed by atoms with Gasteiger partial charge in [-0.2, -0.15) is 0 Å². The van der Waals surface area contributed by atoms with Gasteiger partial charge < -0.3 is 9.64 Å². The summed E-state index contributed by atoms with van der Waals surface area (Å²) in [6.45, 7) is 3.26. The van der Waals surface area contributed by atoms with E-state index >= 15 is 0 Å². The van der Waals surface area contributed by atoms with Gasteiger partial charge in [-0.1, -0.05) is 0 Å². The molecule has 1 amide bonds. The zero-order valence-electron chi connectivity index (χ0n) is 14.9. The van der Waals surface area contributed by atoms with Crippen LogP contribution in [0.4, 0.5) is 0 Å². The molecule has 3 aromatic heterocycles. The summed E-state index contributed by atoms with van der Waals surface area (Å²) in [4.78, 5) is 38.2. The van der Waals surface area contributed by atoms with Gasteiger partial charge in [0.2, 0.25) is 5.88 Å². The minimum absolute atomic E-state index is 0.0614. The Kier molecular flexibility index (Phi) is 4.87. The van der Waals surface area contributed by atoms with Crippen LogP contribution in [-0.4, -0.2) is 63.4 Å². The summed E-state index contributed by atoms with van der Waals surface area (Å²) in [5.41, 5.74) is 1.18. The topological polar surface area (TPSA) is 80.0 Å². The highest BCUT2D eigenvalue weighted by molar-refractivity contribution is 7.15. The Labute approximate surface area is 159 Å². The van der Waals surface area contributed by atoms with E-state index in [4.69, 9.17) is 4.74 Å². The number of methoxy groups -OCH3 is 1. The minimum Gasteiger partial charge on any atom is -0.480 e. The molecule has 8 nitrogen and oxygen atoms in total. The number of amides is 1. The van der Waals surface area contributed by atoms with Gasteiger partial charge in [-0.3, -0.25) is 18.9 Å². The summed E-state index contributed by atoms with van der Waals surface area (Å²) >= 11 is 1.45. The van der Waals surface area contributed by atoms with Crippen molar-refractivity contribution < 1.29 is 9.53 Å². The number of hydrogen-bond donors (Lipinski definition) is 0. The van der Waals surface area contributed by atoms with Gasteiger partial charge in [-0.25, -0.2) is 9.97 Å². The average Bonchev–Trinajstić information content (AvgIpc) is 3.17. The molecule has 0 aromatic carbocycles. The molecule has 0 saturated carbocycles. The van der Waals surface area contributed by atoms with E-state index in [0.29, 0.717) is 36.0 Å². The van der Waals surface area contributed by atoms with Crippen LogP contribution < -0.4 is 10.3 Å². The molecule has 27 heavy (non-hydrogen) atoms. The van der Waals surface area contributed by atoms with Crippen molar-refractivity contribution in [2.45, 2.75) is 6.54 Å². The van der Waals surface area contributed by atoms with Gasteiger partial charge in [0.05, 0.1) is 12.8 Å². The van der Waals surface area contributed by atoms with Crippen LogP contribution in [0.25, 0.3) is 4.96 Å². The van der Waals surface area contributed by atoms with Gasteiger partial charge in [0, 0.05) is 56.6 Å². The lowest BCUT2D eigenvalue weighted by molar-refractivity contribution is 0.0623. The van der Waals surface area contributed by atoms with Crippen LogP contribution >= 0.6 is 11.3 Å². The first-order valence-electron chi connectivity index (χ1n) is 8.62. The quantitative estimate of drug-likeness (QED) is 0.670. The van der Waals surface area contributed by atoms with Crippen LogP contribution in [0.2, 0.25) is 0 Å². The second-order valence-electron chi connectivity index (χ2n) is 6.27.